The Morgan fingerprint density at radius 1 is 1.17 bits per heavy atom. The normalized spacial score (nSPS) is 21.4. The lowest BCUT2D eigenvalue weighted by molar-refractivity contribution is -0.139. The maximum absolute atomic E-state index is 12.8. The van der Waals surface area contributed by atoms with Crippen LogP contribution in [0.25, 0.3) is 0 Å². The third-order valence-electron chi connectivity index (χ3n) is 4.96. The van der Waals surface area contributed by atoms with Crippen molar-refractivity contribution in [3.05, 3.63) is 41.6 Å². The highest BCUT2D eigenvalue weighted by molar-refractivity contribution is 7.89. The van der Waals surface area contributed by atoms with E-state index in [2.05, 4.69) is 10.6 Å². The number of hydrogen-bond acceptors (Lipinski definition) is 6. The average Bonchev–Trinajstić information content (AvgIpc) is 2.69. The Labute approximate surface area is 170 Å². The molecule has 0 bridgehead atoms. The van der Waals surface area contributed by atoms with Crippen LogP contribution in [-0.2, 0) is 19.6 Å². The quantitative estimate of drug-likeness (QED) is 0.647. The molecule has 2 heterocycles. The minimum absolute atomic E-state index is 0.242. The van der Waals surface area contributed by atoms with Gasteiger partial charge in [-0.25, -0.2) is 18.0 Å². The number of piperazine rings is 1. The van der Waals surface area contributed by atoms with Crippen molar-refractivity contribution in [3.8, 4) is 0 Å². The third-order valence-corrected chi connectivity index (χ3v) is 6.87. The Hall–Kier alpha value is -2.43. The molecular formula is C19H26N4O5S. The number of hydrogen-bond donors (Lipinski definition) is 2. The van der Waals surface area contributed by atoms with E-state index in [0.717, 1.165) is 0 Å². The fraction of sp³-hybridized carbons (Fsp3) is 0.474. The number of nitrogens with one attached hydrogen (secondary N) is 2. The van der Waals surface area contributed by atoms with Gasteiger partial charge in [0.2, 0.25) is 10.0 Å². The maximum Gasteiger partial charge on any atom is 0.337 e. The Bertz CT molecular complexity index is 892. The molecule has 1 saturated heterocycles. The largest absolute Gasteiger partial charge is 0.463 e. The van der Waals surface area contributed by atoms with Gasteiger partial charge in [0.15, 0.2) is 0 Å². The van der Waals surface area contributed by atoms with Gasteiger partial charge >= 0.3 is 12.0 Å². The SMILES string of the molecule is CCOC(=O)C1=C(CN2CCN(S(=O)(=O)c3ccccc3)CC2)NC(=O)NC1C. The molecule has 2 aliphatic heterocycles. The first-order valence-corrected chi connectivity index (χ1v) is 11.0. The summed E-state index contributed by atoms with van der Waals surface area (Å²) in [6, 6.07) is 7.53. The zero-order valence-electron chi connectivity index (χ0n) is 16.6. The lowest BCUT2D eigenvalue weighted by atomic mass is 10.0. The second-order valence-electron chi connectivity index (χ2n) is 6.93. The summed E-state index contributed by atoms with van der Waals surface area (Å²) in [6.07, 6.45) is 0. The van der Waals surface area contributed by atoms with Crippen molar-refractivity contribution in [2.75, 3.05) is 39.3 Å². The fourth-order valence-corrected chi connectivity index (χ4v) is 4.94. The predicted molar refractivity (Wildman–Crippen MR) is 106 cm³/mol. The van der Waals surface area contributed by atoms with E-state index in [4.69, 9.17) is 4.74 Å². The van der Waals surface area contributed by atoms with Gasteiger partial charge in [0.25, 0.3) is 0 Å². The number of carbonyl (C=O) groups excluding carboxylic acids is 2. The van der Waals surface area contributed by atoms with Gasteiger partial charge in [-0.1, -0.05) is 18.2 Å². The van der Waals surface area contributed by atoms with Crippen molar-refractivity contribution >= 4 is 22.0 Å². The molecule has 1 aromatic rings. The molecule has 0 aliphatic carbocycles. The monoisotopic (exact) mass is 422 g/mol. The maximum atomic E-state index is 12.8. The second kappa shape index (κ2) is 8.93. The van der Waals surface area contributed by atoms with E-state index >= 15 is 0 Å². The van der Waals surface area contributed by atoms with Gasteiger partial charge in [0.1, 0.15) is 0 Å². The van der Waals surface area contributed by atoms with E-state index < -0.39 is 22.0 Å². The summed E-state index contributed by atoms with van der Waals surface area (Å²) >= 11 is 0. The van der Waals surface area contributed by atoms with Crippen LogP contribution in [0.15, 0.2) is 46.5 Å². The van der Waals surface area contributed by atoms with Crippen molar-refractivity contribution in [2.45, 2.75) is 24.8 Å². The van der Waals surface area contributed by atoms with Crippen molar-refractivity contribution in [1.82, 2.24) is 19.8 Å². The number of carbonyl (C=O) groups is 2. The molecule has 3 rings (SSSR count). The third kappa shape index (κ3) is 4.77. The Balaban J connectivity index is 1.69. The molecule has 0 radical (unpaired) electrons. The number of esters is 1. The van der Waals surface area contributed by atoms with Gasteiger partial charge < -0.3 is 15.4 Å². The smallest absolute Gasteiger partial charge is 0.337 e. The molecule has 0 aromatic heterocycles. The van der Waals surface area contributed by atoms with Gasteiger partial charge in [-0.05, 0) is 26.0 Å². The van der Waals surface area contributed by atoms with E-state index in [-0.39, 0.29) is 17.5 Å². The molecule has 9 nitrogen and oxygen atoms in total. The topological polar surface area (TPSA) is 108 Å². The number of benzene rings is 1. The molecule has 2 aliphatic rings. The molecule has 2 N–H and O–H groups in total. The van der Waals surface area contributed by atoms with Crippen LogP contribution in [0.3, 0.4) is 0 Å². The van der Waals surface area contributed by atoms with E-state index in [0.29, 0.717) is 44.0 Å². The van der Waals surface area contributed by atoms with Crippen LogP contribution in [-0.4, -0.2) is 75.0 Å². The second-order valence-corrected chi connectivity index (χ2v) is 8.86. The van der Waals surface area contributed by atoms with Crippen LogP contribution in [0.2, 0.25) is 0 Å². The highest BCUT2D eigenvalue weighted by Crippen LogP contribution is 2.19. The van der Waals surface area contributed by atoms with E-state index in [1.807, 2.05) is 4.90 Å². The number of ether oxygens (including phenoxy) is 1. The molecule has 158 valence electrons. The molecular weight excluding hydrogens is 396 g/mol. The highest BCUT2D eigenvalue weighted by atomic mass is 32.2. The van der Waals surface area contributed by atoms with Crippen LogP contribution >= 0.6 is 0 Å². The Morgan fingerprint density at radius 2 is 1.83 bits per heavy atom. The molecule has 10 heteroatoms. The van der Waals surface area contributed by atoms with Gasteiger partial charge in [-0.2, -0.15) is 4.31 Å². The Kier molecular flexibility index (Phi) is 6.56. The van der Waals surface area contributed by atoms with Crippen LogP contribution in [0, 0.1) is 0 Å². The zero-order valence-corrected chi connectivity index (χ0v) is 17.4. The molecule has 2 amide bonds. The van der Waals surface area contributed by atoms with Crippen LogP contribution in [0.5, 0.6) is 0 Å². The van der Waals surface area contributed by atoms with Crippen molar-refractivity contribution in [3.63, 3.8) is 0 Å². The van der Waals surface area contributed by atoms with Crippen molar-refractivity contribution in [2.24, 2.45) is 0 Å². The number of amides is 2. The number of urea groups is 1. The molecule has 1 unspecified atom stereocenters. The summed E-state index contributed by atoms with van der Waals surface area (Å²) in [5, 5.41) is 5.37. The predicted octanol–water partition coefficient (Wildman–Crippen LogP) is 0.511. The lowest BCUT2D eigenvalue weighted by Crippen LogP contribution is -2.53. The zero-order chi connectivity index (χ0) is 21.0. The van der Waals surface area contributed by atoms with Gasteiger partial charge in [0.05, 0.1) is 23.1 Å². The summed E-state index contributed by atoms with van der Waals surface area (Å²) < 4.78 is 32.1. The first kappa shape index (κ1) is 21.3. The minimum Gasteiger partial charge on any atom is -0.463 e. The average molecular weight is 423 g/mol. The summed E-state index contributed by atoms with van der Waals surface area (Å²) in [6.45, 7) is 5.69. The fourth-order valence-electron chi connectivity index (χ4n) is 3.50. The molecule has 1 fully saturated rings. The van der Waals surface area contributed by atoms with E-state index in [9.17, 15) is 18.0 Å². The van der Waals surface area contributed by atoms with E-state index in [1.165, 1.54) is 4.31 Å². The van der Waals surface area contributed by atoms with Crippen molar-refractivity contribution in [1.29, 1.82) is 0 Å². The summed E-state index contributed by atoms with van der Waals surface area (Å²) in [5.41, 5.74) is 0.893. The summed E-state index contributed by atoms with van der Waals surface area (Å²) in [7, 11) is -3.53. The highest BCUT2D eigenvalue weighted by Gasteiger charge is 2.33. The molecule has 29 heavy (non-hydrogen) atoms. The minimum atomic E-state index is -3.53. The first-order chi connectivity index (χ1) is 13.8. The first-order valence-electron chi connectivity index (χ1n) is 9.58. The number of nitrogens with zero attached hydrogens (tertiary/aromatic N) is 2. The molecule has 0 saturated carbocycles. The van der Waals surface area contributed by atoms with Gasteiger partial charge in [0, 0.05) is 38.4 Å². The Morgan fingerprint density at radius 3 is 2.45 bits per heavy atom. The van der Waals surface area contributed by atoms with Crippen molar-refractivity contribution < 1.29 is 22.7 Å². The standard InChI is InChI=1S/C19H26N4O5S/c1-3-28-18(24)17-14(2)20-19(25)21-16(17)13-22-9-11-23(12-10-22)29(26,27)15-7-5-4-6-8-15/h4-8,14H,3,9-13H2,1-2H3,(H2,20,21,25). The number of sulfonamides is 1. The number of rotatable bonds is 6. The molecule has 0 spiro atoms. The van der Waals surface area contributed by atoms with Gasteiger partial charge in [-0.3, -0.25) is 4.90 Å². The van der Waals surface area contributed by atoms with Crippen LogP contribution in [0.4, 0.5) is 4.79 Å². The molecule has 1 aromatic carbocycles. The lowest BCUT2D eigenvalue weighted by Gasteiger charge is -2.36. The van der Waals surface area contributed by atoms with E-state index in [1.54, 1.807) is 44.2 Å². The van der Waals surface area contributed by atoms with Crippen LogP contribution < -0.4 is 10.6 Å². The van der Waals surface area contributed by atoms with Crippen LogP contribution in [0.1, 0.15) is 13.8 Å². The molecule has 1 atom stereocenters. The summed E-state index contributed by atoms with van der Waals surface area (Å²) in [5.74, 6) is -0.465. The summed E-state index contributed by atoms with van der Waals surface area (Å²) in [4.78, 5) is 26.5. The van der Waals surface area contributed by atoms with Gasteiger partial charge in [-0.15, -0.1) is 0 Å².